The van der Waals surface area contributed by atoms with Crippen molar-refractivity contribution in [2.75, 3.05) is 11.9 Å². The molecular formula is C15H14BrClN2O2. The number of hydrogen-bond donors (Lipinski definition) is 3. The van der Waals surface area contributed by atoms with Crippen LogP contribution in [0.5, 0.6) is 5.75 Å². The van der Waals surface area contributed by atoms with Crippen LogP contribution in [-0.4, -0.2) is 17.7 Å². The van der Waals surface area contributed by atoms with Crippen molar-refractivity contribution in [1.29, 1.82) is 0 Å². The molecule has 0 aliphatic carbocycles. The molecule has 0 spiro atoms. The Kier molecular flexibility index (Phi) is 5.47. The van der Waals surface area contributed by atoms with Crippen LogP contribution in [0, 0.1) is 0 Å². The fourth-order valence-electron chi connectivity index (χ4n) is 1.74. The van der Waals surface area contributed by atoms with E-state index < -0.39 is 0 Å². The van der Waals surface area contributed by atoms with E-state index in [-0.39, 0.29) is 11.8 Å². The molecule has 110 valence electrons. The van der Waals surface area contributed by atoms with Crippen molar-refractivity contribution >= 4 is 39.2 Å². The van der Waals surface area contributed by atoms with Crippen LogP contribution in [0.15, 0.2) is 46.9 Å². The third kappa shape index (κ3) is 4.95. The molecule has 0 aromatic heterocycles. The number of benzene rings is 2. The number of carbonyl (C=O) groups is 1. The van der Waals surface area contributed by atoms with Gasteiger partial charge in [0.15, 0.2) is 0 Å². The Morgan fingerprint density at radius 3 is 2.57 bits per heavy atom. The van der Waals surface area contributed by atoms with Gasteiger partial charge >= 0.3 is 6.03 Å². The molecule has 0 aliphatic rings. The van der Waals surface area contributed by atoms with Crippen molar-refractivity contribution in [3.8, 4) is 5.75 Å². The van der Waals surface area contributed by atoms with Crippen molar-refractivity contribution < 1.29 is 9.90 Å². The summed E-state index contributed by atoms with van der Waals surface area (Å²) < 4.78 is 0.853. The first-order valence-corrected chi connectivity index (χ1v) is 7.49. The van der Waals surface area contributed by atoms with E-state index in [0.29, 0.717) is 23.7 Å². The quantitative estimate of drug-likeness (QED) is 0.757. The van der Waals surface area contributed by atoms with Crippen LogP contribution in [0.25, 0.3) is 0 Å². The maximum Gasteiger partial charge on any atom is 0.319 e. The highest BCUT2D eigenvalue weighted by molar-refractivity contribution is 9.10. The second-order valence-electron chi connectivity index (χ2n) is 4.42. The standard InChI is InChI=1S/C15H14BrClN2O2/c16-11-3-6-14(13(17)9-11)19-15(21)18-8-7-10-1-4-12(20)5-2-10/h1-6,9,20H,7-8H2,(H2,18,19,21). The monoisotopic (exact) mass is 368 g/mol. The second kappa shape index (κ2) is 7.33. The molecule has 0 saturated heterocycles. The molecule has 0 fully saturated rings. The minimum Gasteiger partial charge on any atom is -0.508 e. The zero-order valence-electron chi connectivity index (χ0n) is 11.1. The number of aromatic hydroxyl groups is 1. The average molecular weight is 370 g/mol. The number of phenols is 1. The van der Waals surface area contributed by atoms with Gasteiger partial charge in [-0.25, -0.2) is 4.79 Å². The van der Waals surface area contributed by atoms with E-state index in [1.54, 1.807) is 30.3 Å². The first-order chi connectivity index (χ1) is 10.0. The maximum atomic E-state index is 11.8. The number of urea groups is 1. The summed E-state index contributed by atoms with van der Waals surface area (Å²) in [5, 5.41) is 15.1. The first-order valence-electron chi connectivity index (χ1n) is 6.32. The number of nitrogens with one attached hydrogen (secondary N) is 2. The van der Waals surface area contributed by atoms with Crippen molar-refractivity contribution in [2.24, 2.45) is 0 Å². The number of halogens is 2. The van der Waals surface area contributed by atoms with Crippen LogP contribution >= 0.6 is 27.5 Å². The molecular weight excluding hydrogens is 356 g/mol. The van der Waals surface area contributed by atoms with E-state index in [2.05, 4.69) is 26.6 Å². The molecule has 0 aliphatic heterocycles. The molecule has 0 unspecified atom stereocenters. The van der Waals surface area contributed by atoms with E-state index in [0.717, 1.165) is 10.0 Å². The van der Waals surface area contributed by atoms with Crippen LogP contribution in [0.3, 0.4) is 0 Å². The van der Waals surface area contributed by atoms with Gasteiger partial charge < -0.3 is 15.7 Å². The minimum absolute atomic E-state index is 0.231. The number of hydrogen-bond acceptors (Lipinski definition) is 2. The maximum absolute atomic E-state index is 11.8. The predicted octanol–water partition coefficient (Wildman–Crippen LogP) is 4.17. The Bertz CT molecular complexity index is 632. The van der Waals surface area contributed by atoms with Crippen LogP contribution in [0.1, 0.15) is 5.56 Å². The minimum atomic E-state index is -0.307. The summed E-state index contributed by atoms with van der Waals surface area (Å²) >= 11 is 9.33. The summed E-state index contributed by atoms with van der Waals surface area (Å²) in [6.07, 6.45) is 0.682. The normalized spacial score (nSPS) is 10.2. The fourth-order valence-corrected chi connectivity index (χ4v) is 2.46. The van der Waals surface area contributed by atoms with Gasteiger partial charge in [0.25, 0.3) is 0 Å². The topological polar surface area (TPSA) is 61.4 Å². The molecule has 2 rings (SSSR count). The largest absolute Gasteiger partial charge is 0.508 e. The Labute approximate surface area is 136 Å². The van der Waals surface area contributed by atoms with E-state index >= 15 is 0 Å². The van der Waals surface area contributed by atoms with E-state index in [1.807, 2.05) is 12.1 Å². The van der Waals surface area contributed by atoms with E-state index in [4.69, 9.17) is 11.6 Å². The molecule has 0 radical (unpaired) electrons. The summed E-state index contributed by atoms with van der Waals surface area (Å²) in [6.45, 7) is 0.491. The van der Waals surface area contributed by atoms with Gasteiger partial charge in [0.2, 0.25) is 0 Å². The van der Waals surface area contributed by atoms with Gasteiger partial charge in [0, 0.05) is 11.0 Å². The van der Waals surface area contributed by atoms with Crippen molar-refractivity contribution in [1.82, 2.24) is 5.32 Å². The molecule has 0 bridgehead atoms. The lowest BCUT2D eigenvalue weighted by Crippen LogP contribution is -2.30. The third-order valence-corrected chi connectivity index (χ3v) is 3.62. The highest BCUT2D eigenvalue weighted by atomic mass is 79.9. The van der Waals surface area contributed by atoms with Gasteiger partial charge in [-0.2, -0.15) is 0 Å². The predicted molar refractivity (Wildman–Crippen MR) is 88.0 cm³/mol. The first kappa shape index (κ1) is 15.7. The number of carbonyl (C=O) groups excluding carboxylic acids is 1. The Balaban J connectivity index is 1.81. The average Bonchev–Trinajstić information content (AvgIpc) is 2.44. The fraction of sp³-hybridized carbons (Fsp3) is 0.133. The molecule has 2 aromatic carbocycles. The van der Waals surface area contributed by atoms with Crippen molar-refractivity contribution in [3.05, 3.63) is 57.5 Å². The SMILES string of the molecule is O=C(NCCc1ccc(O)cc1)Nc1ccc(Br)cc1Cl. The Morgan fingerprint density at radius 1 is 1.19 bits per heavy atom. The summed E-state index contributed by atoms with van der Waals surface area (Å²) in [4.78, 5) is 11.8. The van der Waals surface area contributed by atoms with Crippen LogP contribution < -0.4 is 10.6 Å². The lowest BCUT2D eigenvalue weighted by Gasteiger charge is -2.09. The van der Waals surface area contributed by atoms with Gasteiger partial charge in [-0.1, -0.05) is 39.7 Å². The molecule has 3 N–H and O–H groups in total. The van der Waals surface area contributed by atoms with E-state index in [1.165, 1.54) is 0 Å². The summed E-state index contributed by atoms with van der Waals surface area (Å²) in [5.41, 5.74) is 1.59. The molecule has 0 atom stereocenters. The smallest absolute Gasteiger partial charge is 0.319 e. The van der Waals surface area contributed by atoms with Crippen LogP contribution in [0.4, 0.5) is 10.5 Å². The van der Waals surface area contributed by atoms with Crippen molar-refractivity contribution in [2.45, 2.75) is 6.42 Å². The number of phenolic OH excluding ortho intramolecular Hbond substituents is 1. The summed E-state index contributed by atoms with van der Waals surface area (Å²) in [5.74, 6) is 0.231. The molecule has 6 heteroatoms. The van der Waals surface area contributed by atoms with Crippen molar-refractivity contribution in [3.63, 3.8) is 0 Å². The highest BCUT2D eigenvalue weighted by Crippen LogP contribution is 2.25. The van der Waals surface area contributed by atoms with Crippen LogP contribution in [-0.2, 0) is 6.42 Å². The van der Waals surface area contributed by atoms with Gasteiger partial charge in [0.05, 0.1) is 10.7 Å². The number of amides is 2. The van der Waals surface area contributed by atoms with Gasteiger partial charge in [-0.3, -0.25) is 0 Å². The summed E-state index contributed by atoms with van der Waals surface area (Å²) in [6, 6.07) is 11.8. The van der Waals surface area contributed by atoms with Gasteiger partial charge in [-0.15, -0.1) is 0 Å². The Morgan fingerprint density at radius 2 is 1.90 bits per heavy atom. The Hall–Kier alpha value is -1.72. The van der Waals surface area contributed by atoms with Gasteiger partial charge in [0.1, 0.15) is 5.75 Å². The molecule has 2 aromatic rings. The number of rotatable bonds is 4. The lowest BCUT2D eigenvalue weighted by atomic mass is 10.1. The highest BCUT2D eigenvalue weighted by Gasteiger charge is 2.05. The molecule has 0 saturated carbocycles. The summed E-state index contributed by atoms with van der Waals surface area (Å²) in [7, 11) is 0. The third-order valence-electron chi connectivity index (χ3n) is 2.81. The molecule has 4 nitrogen and oxygen atoms in total. The lowest BCUT2D eigenvalue weighted by molar-refractivity contribution is 0.252. The van der Waals surface area contributed by atoms with Gasteiger partial charge in [-0.05, 0) is 42.3 Å². The second-order valence-corrected chi connectivity index (χ2v) is 5.74. The molecule has 0 heterocycles. The van der Waals surface area contributed by atoms with E-state index in [9.17, 15) is 9.90 Å². The molecule has 21 heavy (non-hydrogen) atoms. The number of anilines is 1. The molecule has 2 amide bonds. The zero-order valence-corrected chi connectivity index (χ0v) is 13.4. The zero-order chi connectivity index (χ0) is 15.2. The van der Waals surface area contributed by atoms with Crippen LogP contribution in [0.2, 0.25) is 5.02 Å².